The van der Waals surface area contributed by atoms with E-state index in [0.29, 0.717) is 31.3 Å². The first-order valence-electron chi connectivity index (χ1n) is 11.2. The Hall–Kier alpha value is -0.910. The number of hydrogen-bond donors (Lipinski definition) is 3. The second-order valence-electron chi connectivity index (χ2n) is 10.8. The van der Waals surface area contributed by atoms with Gasteiger partial charge < -0.3 is 20.1 Å². The van der Waals surface area contributed by atoms with E-state index in [4.69, 9.17) is 4.74 Å². The predicted octanol–water partition coefficient (Wildman–Crippen LogP) is 2.58. The summed E-state index contributed by atoms with van der Waals surface area (Å²) in [5.74, 6) is 0.657. The molecule has 5 rings (SSSR count). The molecule has 4 aliphatic carbocycles. The highest BCUT2D eigenvalue weighted by atomic mass is 16.5. The van der Waals surface area contributed by atoms with Crippen molar-refractivity contribution < 1.29 is 24.9 Å². The number of esters is 1. The molecule has 5 heteroatoms. The highest BCUT2D eigenvalue weighted by Crippen LogP contribution is 2.69. The van der Waals surface area contributed by atoms with E-state index in [1.165, 1.54) is 0 Å². The smallest absolute Gasteiger partial charge is 0.331 e. The molecule has 0 radical (unpaired) electrons. The summed E-state index contributed by atoms with van der Waals surface area (Å²) in [6.45, 7) is 4.69. The molecule has 0 aromatic heterocycles. The van der Waals surface area contributed by atoms with Gasteiger partial charge in [0.15, 0.2) is 0 Å². The van der Waals surface area contributed by atoms with Crippen molar-refractivity contribution in [3.05, 3.63) is 11.6 Å². The molecule has 3 N–H and O–H groups in total. The van der Waals surface area contributed by atoms with Crippen LogP contribution in [0.1, 0.15) is 65.2 Å². The van der Waals surface area contributed by atoms with Gasteiger partial charge in [-0.2, -0.15) is 0 Å². The molecule has 4 saturated carbocycles. The summed E-state index contributed by atoms with van der Waals surface area (Å²) in [6, 6.07) is 0. The molecule has 5 nitrogen and oxygen atoms in total. The number of carbonyl (C=O) groups is 1. The van der Waals surface area contributed by atoms with Crippen LogP contribution in [0.3, 0.4) is 0 Å². The third kappa shape index (κ3) is 2.27. The fourth-order valence-corrected chi connectivity index (χ4v) is 8.37. The van der Waals surface area contributed by atoms with Crippen LogP contribution in [0.15, 0.2) is 11.6 Å². The van der Waals surface area contributed by atoms with Gasteiger partial charge in [0.25, 0.3) is 0 Å². The normalized spacial score (nSPS) is 55.8. The number of aliphatic hydroxyl groups excluding tert-OH is 2. The number of ether oxygens (including phenoxy) is 1. The van der Waals surface area contributed by atoms with Crippen molar-refractivity contribution >= 4 is 5.97 Å². The molecule has 28 heavy (non-hydrogen) atoms. The molecule has 0 bridgehead atoms. The van der Waals surface area contributed by atoms with Gasteiger partial charge in [-0.25, -0.2) is 4.79 Å². The van der Waals surface area contributed by atoms with E-state index in [2.05, 4.69) is 6.92 Å². The van der Waals surface area contributed by atoms with Crippen molar-refractivity contribution in [2.24, 2.45) is 34.5 Å². The average molecular weight is 391 g/mol. The van der Waals surface area contributed by atoms with Gasteiger partial charge >= 0.3 is 5.97 Å². The molecule has 0 aromatic carbocycles. The van der Waals surface area contributed by atoms with Crippen LogP contribution in [0.4, 0.5) is 0 Å². The van der Waals surface area contributed by atoms with Crippen molar-refractivity contribution in [3.8, 4) is 0 Å². The zero-order valence-electron chi connectivity index (χ0n) is 17.1. The standard InChI is InChI=1S/C23H34O5/c1-21-7-5-15(24)10-14(21)3-4-17-18(21)11-19(25)22(2)16(6-8-23(17,22)27)13-9-20(26)28-12-13/h9,14-19,24-25,27H,3-8,10-12H2,1-2H3/t14-,15?,16?,17-,18+,19?,21+,22+,23-/m1/s1. The van der Waals surface area contributed by atoms with E-state index >= 15 is 0 Å². The summed E-state index contributed by atoms with van der Waals surface area (Å²) in [6.07, 6.45) is 7.69. The average Bonchev–Trinajstić information content (AvgIpc) is 3.19. The Labute approximate surface area is 167 Å². The van der Waals surface area contributed by atoms with E-state index in [-0.39, 0.29) is 29.3 Å². The molecule has 1 heterocycles. The molecule has 5 aliphatic rings. The maximum Gasteiger partial charge on any atom is 0.331 e. The highest BCUT2D eigenvalue weighted by Gasteiger charge is 2.70. The molecule has 156 valence electrons. The summed E-state index contributed by atoms with van der Waals surface area (Å²) in [5, 5.41) is 33.7. The van der Waals surface area contributed by atoms with Gasteiger partial charge in [0.05, 0.1) is 17.8 Å². The Morgan fingerprint density at radius 3 is 2.54 bits per heavy atom. The van der Waals surface area contributed by atoms with Crippen molar-refractivity contribution in [2.45, 2.75) is 83.0 Å². The van der Waals surface area contributed by atoms with Gasteiger partial charge in [-0.3, -0.25) is 0 Å². The van der Waals surface area contributed by atoms with Gasteiger partial charge in [0.2, 0.25) is 0 Å². The molecule has 9 atom stereocenters. The van der Waals surface area contributed by atoms with Gasteiger partial charge in [-0.05, 0) is 86.0 Å². The molecule has 0 amide bonds. The van der Waals surface area contributed by atoms with E-state index in [1.807, 2.05) is 6.92 Å². The van der Waals surface area contributed by atoms with Gasteiger partial charge in [-0.15, -0.1) is 0 Å². The van der Waals surface area contributed by atoms with Crippen molar-refractivity contribution in [2.75, 3.05) is 6.61 Å². The first-order valence-corrected chi connectivity index (χ1v) is 11.2. The zero-order chi connectivity index (χ0) is 19.9. The molecule has 0 saturated heterocycles. The summed E-state index contributed by atoms with van der Waals surface area (Å²) in [4.78, 5) is 11.6. The first kappa shape index (κ1) is 19.1. The lowest BCUT2D eigenvalue weighted by molar-refractivity contribution is -0.244. The van der Waals surface area contributed by atoms with Gasteiger partial charge in [-0.1, -0.05) is 13.8 Å². The minimum Gasteiger partial charge on any atom is -0.458 e. The Balaban J connectivity index is 1.51. The highest BCUT2D eigenvalue weighted by molar-refractivity contribution is 5.85. The maximum atomic E-state index is 12.1. The van der Waals surface area contributed by atoms with Crippen LogP contribution in [-0.2, 0) is 9.53 Å². The summed E-state index contributed by atoms with van der Waals surface area (Å²) in [7, 11) is 0. The fraction of sp³-hybridized carbons (Fsp3) is 0.870. The number of aliphatic hydroxyl groups is 3. The lowest BCUT2D eigenvalue weighted by Gasteiger charge is -2.64. The number of rotatable bonds is 1. The number of carbonyl (C=O) groups excluding carboxylic acids is 1. The minimum absolute atomic E-state index is 0.00129. The maximum absolute atomic E-state index is 12.1. The number of cyclic esters (lactones) is 1. The van der Waals surface area contributed by atoms with Crippen molar-refractivity contribution in [1.82, 2.24) is 0 Å². The Kier molecular flexibility index (Phi) is 4.12. The lowest BCUT2D eigenvalue weighted by Crippen LogP contribution is -2.67. The first-order chi connectivity index (χ1) is 13.2. The van der Waals surface area contributed by atoms with Crippen LogP contribution in [0.2, 0.25) is 0 Å². The second-order valence-corrected chi connectivity index (χ2v) is 10.8. The quantitative estimate of drug-likeness (QED) is 0.599. The van der Waals surface area contributed by atoms with Crippen LogP contribution < -0.4 is 0 Å². The second kappa shape index (κ2) is 6.05. The van der Waals surface area contributed by atoms with Crippen molar-refractivity contribution in [3.63, 3.8) is 0 Å². The van der Waals surface area contributed by atoms with E-state index in [9.17, 15) is 20.1 Å². The number of hydrogen-bond acceptors (Lipinski definition) is 5. The van der Waals surface area contributed by atoms with E-state index in [0.717, 1.165) is 44.1 Å². The topological polar surface area (TPSA) is 87.0 Å². The third-order valence-corrected chi connectivity index (χ3v) is 10.0. The molecular formula is C23H34O5. The third-order valence-electron chi connectivity index (χ3n) is 10.0. The SMILES string of the molecule is C[C@]12CCC(O)C[C@H]1CC[C@@H]1[C@@H]2CC(O)[C@]2(C)C(C3=CC(=O)OC3)CC[C@@]12O. The van der Waals surface area contributed by atoms with Crippen LogP contribution in [-0.4, -0.2) is 45.7 Å². The van der Waals surface area contributed by atoms with Gasteiger partial charge in [0, 0.05) is 11.5 Å². The minimum atomic E-state index is -0.906. The van der Waals surface area contributed by atoms with E-state index in [1.54, 1.807) is 6.08 Å². The summed E-state index contributed by atoms with van der Waals surface area (Å²) < 4.78 is 5.16. The predicted molar refractivity (Wildman–Crippen MR) is 103 cm³/mol. The van der Waals surface area contributed by atoms with E-state index < -0.39 is 17.1 Å². The van der Waals surface area contributed by atoms with Gasteiger partial charge in [0.1, 0.15) is 6.61 Å². The molecular weight excluding hydrogens is 356 g/mol. The van der Waals surface area contributed by atoms with Crippen LogP contribution in [0, 0.1) is 34.5 Å². The molecule has 3 unspecified atom stereocenters. The molecule has 0 spiro atoms. The Morgan fingerprint density at radius 1 is 1.04 bits per heavy atom. The largest absolute Gasteiger partial charge is 0.458 e. The van der Waals surface area contributed by atoms with Crippen LogP contribution in [0.5, 0.6) is 0 Å². The monoisotopic (exact) mass is 390 g/mol. The number of fused-ring (bicyclic) bond motifs is 5. The molecule has 1 aliphatic heterocycles. The van der Waals surface area contributed by atoms with Crippen molar-refractivity contribution in [1.29, 1.82) is 0 Å². The zero-order valence-corrected chi connectivity index (χ0v) is 17.1. The Morgan fingerprint density at radius 2 is 1.82 bits per heavy atom. The lowest BCUT2D eigenvalue weighted by atomic mass is 9.42. The summed E-state index contributed by atoms with van der Waals surface area (Å²) in [5.41, 5.74) is -0.507. The fourth-order valence-electron chi connectivity index (χ4n) is 8.37. The molecule has 0 aromatic rings. The summed E-state index contributed by atoms with van der Waals surface area (Å²) >= 11 is 0. The van der Waals surface area contributed by atoms with Crippen LogP contribution in [0.25, 0.3) is 0 Å². The van der Waals surface area contributed by atoms with Crippen LogP contribution >= 0.6 is 0 Å². The molecule has 4 fully saturated rings. The Bertz CT molecular complexity index is 718.